The van der Waals surface area contributed by atoms with Crippen LogP contribution in [-0.2, 0) is 6.54 Å². The molecule has 4 aromatic rings. The van der Waals surface area contributed by atoms with Crippen molar-refractivity contribution in [3.8, 4) is 11.4 Å². The second kappa shape index (κ2) is 6.44. The van der Waals surface area contributed by atoms with Gasteiger partial charge in [0.15, 0.2) is 0 Å². The summed E-state index contributed by atoms with van der Waals surface area (Å²) in [6, 6.07) is 27.5. The lowest BCUT2D eigenvalue weighted by atomic mass is 10.1. The van der Waals surface area contributed by atoms with Crippen LogP contribution in [0.15, 0.2) is 78.9 Å². The second-order valence-electron chi connectivity index (χ2n) is 6.44. The Morgan fingerprint density at radius 1 is 0.800 bits per heavy atom. The summed E-state index contributed by atoms with van der Waals surface area (Å²) in [6.07, 6.45) is 0. The summed E-state index contributed by atoms with van der Waals surface area (Å²) in [6.45, 7) is 0.812. The topological polar surface area (TPSA) is 21.1 Å². The standard InChI is InChI=1S/C22H21N3/c1-24(2)19-14-12-18(13-15-19)22-23-20-10-6-7-11-21(20)25(22)16-17-8-4-3-5-9-17/h3-15H,16H2,1-2H3. The molecule has 1 aromatic heterocycles. The van der Waals surface area contributed by atoms with Crippen LogP contribution in [0.2, 0.25) is 0 Å². The van der Waals surface area contributed by atoms with Crippen LogP contribution < -0.4 is 4.90 Å². The number of imidazole rings is 1. The molecule has 3 heteroatoms. The highest BCUT2D eigenvalue weighted by atomic mass is 15.1. The van der Waals surface area contributed by atoms with Crippen molar-refractivity contribution >= 4 is 16.7 Å². The molecule has 25 heavy (non-hydrogen) atoms. The quantitative estimate of drug-likeness (QED) is 0.536. The van der Waals surface area contributed by atoms with Crippen molar-refractivity contribution in [2.75, 3.05) is 19.0 Å². The Hall–Kier alpha value is -3.07. The van der Waals surface area contributed by atoms with Gasteiger partial charge in [-0.15, -0.1) is 0 Å². The molecule has 3 aromatic carbocycles. The van der Waals surface area contributed by atoms with Crippen LogP contribution in [0.5, 0.6) is 0 Å². The van der Waals surface area contributed by atoms with Gasteiger partial charge in [-0.3, -0.25) is 0 Å². The van der Waals surface area contributed by atoms with E-state index in [9.17, 15) is 0 Å². The Balaban J connectivity index is 1.83. The van der Waals surface area contributed by atoms with Gasteiger partial charge in [-0.25, -0.2) is 4.98 Å². The molecule has 0 atom stereocenters. The van der Waals surface area contributed by atoms with Gasteiger partial charge in [-0.05, 0) is 42.0 Å². The summed E-state index contributed by atoms with van der Waals surface area (Å²) < 4.78 is 2.30. The summed E-state index contributed by atoms with van der Waals surface area (Å²) in [5.41, 5.74) is 5.80. The zero-order valence-corrected chi connectivity index (χ0v) is 14.6. The van der Waals surface area contributed by atoms with Crippen molar-refractivity contribution in [3.63, 3.8) is 0 Å². The average Bonchev–Trinajstić information content (AvgIpc) is 3.01. The molecule has 0 fully saturated rings. The van der Waals surface area contributed by atoms with Gasteiger partial charge in [0, 0.05) is 31.9 Å². The highest BCUT2D eigenvalue weighted by molar-refractivity contribution is 5.81. The maximum atomic E-state index is 4.90. The van der Waals surface area contributed by atoms with E-state index in [1.165, 1.54) is 11.3 Å². The first-order valence-electron chi connectivity index (χ1n) is 8.49. The molecule has 0 aliphatic rings. The average molecular weight is 327 g/mol. The molecule has 0 radical (unpaired) electrons. The Morgan fingerprint density at radius 2 is 1.48 bits per heavy atom. The molecule has 3 nitrogen and oxygen atoms in total. The zero-order chi connectivity index (χ0) is 17.2. The molecule has 4 rings (SSSR count). The first-order valence-corrected chi connectivity index (χ1v) is 8.49. The Bertz CT molecular complexity index is 983. The fraction of sp³-hybridized carbons (Fsp3) is 0.136. The van der Waals surface area contributed by atoms with E-state index in [2.05, 4.69) is 96.4 Å². The van der Waals surface area contributed by atoms with Crippen molar-refractivity contribution in [2.24, 2.45) is 0 Å². The maximum Gasteiger partial charge on any atom is 0.141 e. The number of nitrogens with zero attached hydrogens (tertiary/aromatic N) is 3. The van der Waals surface area contributed by atoms with Crippen molar-refractivity contribution < 1.29 is 0 Å². The summed E-state index contributed by atoms with van der Waals surface area (Å²) in [5, 5.41) is 0. The summed E-state index contributed by atoms with van der Waals surface area (Å²) >= 11 is 0. The van der Waals surface area contributed by atoms with Crippen molar-refractivity contribution in [3.05, 3.63) is 84.4 Å². The van der Waals surface area contributed by atoms with Crippen LogP contribution in [0.1, 0.15) is 5.56 Å². The van der Waals surface area contributed by atoms with Crippen LogP contribution in [0, 0.1) is 0 Å². The summed E-state index contributed by atoms with van der Waals surface area (Å²) in [5.74, 6) is 1.01. The second-order valence-corrected chi connectivity index (χ2v) is 6.44. The lowest BCUT2D eigenvalue weighted by molar-refractivity contribution is 0.834. The normalized spacial score (nSPS) is 11.0. The van der Waals surface area contributed by atoms with E-state index >= 15 is 0 Å². The monoisotopic (exact) mass is 327 g/mol. The van der Waals surface area contributed by atoms with Crippen molar-refractivity contribution in [1.29, 1.82) is 0 Å². The molecule has 0 amide bonds. The third-order valence-corrected chi connectivity index (χ3v) is 4.48. The van der Waals surface area contributed by atoms with Crippen LogP contribution in [0.4, 0.5) is 5.69 Å². The highest BCUT2D eigenvalue weighted by Crippen LogP contribution is 2.27. The Labute approximate surface area is 148 Å². The van der Waals surface area contributed by atoms with Gasteiger partial charge in [0.2, 0.25) is 0 Å². The molecule has 0 aliphatic heterocycles. The first kappa shape index (κ1) is 15.5. The Kier molecular flexibility index (Phi) is 3.98. The van der Waals surface area contributed by atoms with Crippen LogP contribution in [-0.4, -0.2) is 23.6 Å². The molecule has 0 spiro atoms. The molecule has 0 saturated carbocycles. The minimum Gasteiger partial charge on any atom is -0.378 e. The van der Waals surface area contributed by atoms with Crippen LogP contribution in [0.25, 0.3) is 22.4 Å². The fourth-order valence-electron chi connectivity index (χ4n) is 3.13. The molecule has 0 saturated heterocycles. The SMILES string of the molecule is CN(C)c1ccc(-c2nc3ccccc3n2Cc2ccccc2)cc1. The molecule has 0 N–H and O–H groups in total. The van der Waals surface area contributed by atoms with Crippen molar-refractivity contribution in [1.82, 2.24) is 9.55 Å². The smallest absolute Gasteiger partial charge is 0.141 e. The molecule has 0 unspecified atom stereocenters. The van der Waals surface area contributed by atoms with Crippen LogP contribution >= 0.6 is 0 Å². The van der Waals surface area contributed by atoms with E-state index in [0.29, 0.717) is 0 Å². The van der Waals surface area contributed by atoms with E-state index in [1.54, 1.807) is 0 Å². The van der Waals surface area contributed by atoms with Gasteiger partial charge < -0.3 is 9.47 Å². The lowest BCUT2D eigenvalue weighted by Gasteiger charge is -2.13. The van der Waals surface area contributed by atoms with E-state index < -0.39 is 0 Å². The molecule has 0 aliphatic carbocycles. The van der Waals surface area contributed by atoms with Gasteiger partial charge >= 0.3 is 0 Å². The van der Waals surface area contributed by atoms with E-state index in [4.69, 9.17) is 4.98 Å². The van der Waals surface area contributed by atoms with Gasteiger partial charge in [-0.2, -0.15) is 0 Å². The van der Waals surface area contributed by atoms with Crippen LogP contribution in [0.3, 0.4) is 0 Å². The number of anilines is 1. The molecular formula is C22H21N3. The number of hydrogen-bond acceptors (Lipinski definition) is 2. The molecule has 1 heterocycles. The van der Waals surface area contributed by atoms with Crippen molar-refractivity contribution in [2.45, 2.75) is 6.54 Å². The molecular weight excluding hydrogens is 306 g/mol. The predicted octanol–water partition coefficient (Wildman–Crippen LogP) is 4.82. The fourth-order valence-corrected chi connectivity index (χ4v) is 3.13. The Morgan fingerprint density at radius 3 is 2.20 bits per heavy atom. The molecule has 0 bridgehead atoms. The lowest BCUT2D eigenvalue weighted by Crippen LogP contribution is -2.08. The number of benzene rings is 3. The van der Waals surface area contributed by atoms with E-state index in [-0.39, 0.29) is 0 Å². The first-order chi connectivity index (χ1) is 12.2. The maximum absolute atomic E-state index is 4.90. The largest absolute Gasteiger partial charge is 0.378 e. The zero-order valence-electron chi connectivity index (χ0n) is 14.6. The number of para-hydroxylation sites is 2. The van der Waals surface area contributed by atoms with Gasteiger partial charge in [0.1, 0.15) is 5.82 Å². The number of hydrogen-bond donors (Lipinski definition) is 0. The number of rotatable bonds is 4. The highest BCUT2D eigenvalue weighted by Gasteiger charge is 2.13. The third kappa shape index (κ3) is 3.01. The van der Waals surface area contributed by atoms with E-state index in [1.807, 2.05) is 6.07 Å². The summed E-state index contributed by atoms with van der Waals surface area (Å²) in [7, 11) is 4.11. The van der Waals surface area contributed by atoms with Gasteiger partial charge in [0.05, 0.1) is 11.0 Å². The van der Waals surface area contributed by atoms with E-state index in [0.717, 1.165) is 29.0 Å². The minimum atomic E-state index is 0.812. The predicted molar refractivity (Wildman–Crippen MR) is 105 cm³/mol. The molecule has 124 valence electrons. The number of fused-ring (bicyclic) bond motifs is 1. The summed E-state index contributed by atoms with van der Waals surface area (Å²) in [4.78, 5) is 7.01. The minimum absolute atomic E-state index is 0.812. The third-order valence-electron chi connectivity index (χ3n) is 4.48. The van der Waals surface area contributed by atoms with Gasteiger partial charge in [-0.1, -0.05) is 42.5 Å². The van der Waals surface area contributed by atoms with Gasteiger partial charge in [0.25, 0.3) is 0 Å². The number of aromatic nitrogens is 2.